The highest BCUT2D eigenvalue weighted by Crippen LogP contribution is 2.27. The van der Waals surface area contributed by atoms with Crippen LogP contribution < -0.4 is 21.5 Å². The molecule has 0 atom stereocenters. The molecule has 0 aliphatic heterocycles. The van der Waals surface area contributed by atoms with Crippen molar-refractivity contribution in [3.05, 3.63) is 88.0 Å². The van der Waals surface area contributed by atoms with Gasteiger partial charge in [0.1, 0.15) is 29.1 Å². The van der Waals surface area contributed by atoms with Gasteiger partial charge >= 0.3 is 6.03 Å². The number of hydrogen-bond acceptors (Lipinski definition) is 4. The first-order valence-electron chi connectivity index (χ1n) is 10.8. The molecule has 0 aliphatic rings. The molecule has 2 aromatic heterocycles. The van der Waals surface area contributed by atoms with Crippen LogP contribution in [0.25, 0.3) is 16.5 Å². The van der Waals surface area contributed by atoms with Gasteiger partial charge < -0.3 is 16.0 Å². The average molecular weight is 499 g/mol. The summed E-state index contributed by atoms with van der Waals surface area (Å²) >= 11 is 0. The van der Waals surface area contributed by atoms with Crippen LogP contribution in [-0.4, -0.2) is 22.6 Å². The first-order valence-corrected chi connectivity index (χ1v) is 10.8. The molecule has 2 heterocycles. The number of halogens is 4. The Hall–Kier alpha value is -4.41. The van der Waals surface area contributed by atoms with Crippen LogP contribution in [0.15, 0.2) is 53.6 Å². The predicted molar refractivity (Wildman–Crippen MR) is 130 cm³/mol. The Morgan fingerprint density at radius 1 is 0.944 bits per heavy atom. The van der Waals surface area contributed by atoms with Gasteiger partial charge in [0.25, 0.3) is 5.56 Å². The molecule has 186 valence electrons. The number of carbonyl (C=O) groups excluding carboxylic acids is 1. The van der Waals surface area contributed by atoms with Gasteiger partial charge in [-0.2, -0.15) is 0 Å². The number of nitrogens with one attached hydrogen (secondary N) is 3. The van der Waals surface area contributed by atoms with Gasteiger partial charge in [-0.1, -0.05) is 13.8 Å². The highest BCUT2D eigenvalue weighted by Gasteiger charge is 2.20. The predicted octanol–water partition coefficient (Wildman–Crippen LogP) is 5.75. The molecule has 0 saturated heterocycles. The highest BCUT2D eigenvalue weighted by molar-refractivity contribution is 6.00. The quantitative estimate of drug-likeness (QED) is 0.305. The van der Waals surface area contributed by atoms with E-state index in [-0.39, 0.29) is 17.3 Å². The Bertz CT molecular complexity index is 1550. The molecule has 0 radical (unpaired) electrons. The Labute approximate surface area is 202 Å². The lowest BCUT2D eigenvalue weighted by molar-refractivity contribution is 0.262. The number of hydrogen-bond donors (Lipinski definition) is 3. The van der Waals surface area contributed by atoms with E-state index in [4.69, 9.17) is 0 Å². The molecule has 4 rings (SSSR count). The lowest BCUT2D eigenvalue weighted by atomic mass is 9.99. The van der Waals surface area contributed by atoms with Gasteiger partial charge in [0.05, 0.1) is 17.1 Å². The lowest BCUT2D eigenvalue weighted by Gasteiger charge is -2.17. The minimum Gasteiger partial charge on any atom is -0.373 e. The molecule has 3 N–H and O–H groups in total. The van der Waals surface area contributed by atoms with Gasteiger partial charge in [0, 0.05) is 42.5 Å². The van der Waals surface area contributed by atoms with Crippen molar-refractivity contribution in [2.24, 2.45) is 0 Å². The van der Waals surface area contributed by atoms with E-state index < -0.39 is 40.5 Å². The van der Waals surface area contributed by atoms with E-state index >= 15 is 0 Å². The standard InChI is InChI=1S/C25H21F4N5O2/c1-12(2)23-15-7-22(30-3)31-10-13(15)11-34(24(23)35)21-9-20(17(28)8-18(21)29)33-25(36)32-19-5-4-14(26)6-16(19)27/h4-12,30H,1-3H3,(H2,32,33,36). The van der Waals surface area contributed by atoms with Crippen LogP contribution in [0.2, 0.25) is 0 Å². The Balaban J connectivity index is 1.77. The zero-order valence-electron chi connectivity index (χ0n) is 19.4. The van der Waals surface area contributed by atoms with Crippen LogP contribution in [0, 0.1) is 23.3 Å². The van der Waals surface area contributed by atoms with Gasteiger partial charge in [0.15, 0.2) is 0 Å². The van der Waals surface area contributed by atoms with Gasteiger partial charge in [0.2, 0.25) is 0 Å². The first-order chi connectivity index (χ1) is 17.1. The Kier molecular flexibility index (Phi) is 6.65. The number of urea groups is 1. The van der Waals surface area contributed by atoms with E-state index in [1.165, 1.54) is 12.4 Å². The minimum absolute atomic E-state index is 0.239. The number of rotatable bonds is 5. The molecule has 0 fully saturated rings. The number of amides is 2. The van der Waals surface area contributed by atoms with E-state index in [1.807, 2.05) is 13.8 Å². The molecule has 36 heavy (non-hydrogen) atoms. The maximum atomic E-state index is 14.9. The summed E-state index contributed by atoms with van der Waals surface area (Å²) in [4.78, 5) is 30.0. The van der Waals surface area contributed by atoms with Gasteiger partial charge in [-0.05, 0) is 35.6 Å². The lowest BCUT2D eigenvalue weighted by Crippen LogP contribution is -2.25. The number of fused-ring (bicyclic) bond motifs is 1. The summed E-state index contributed by atoms with van der Waals surface area (Å²) in [5, 5.41) is 8.36. The van der Waals surface area contributed by atoms with Crippen molar-refractivity contribution in [1.82, 2.24) is 9.55 Å². The second-order valence-corrected chi connectivity index (χ2v) is 8.27. The maximum absolute atomic E-state index is 14.9. The van der Waals surface area contributed by atoms with Gasteiger partial charge in [-0.15, -0.1) is 0 Å². The zero-order valence-corrected chi connectivity index (χ0v) is 19.4. The number of benzene rings is 2. The molecule has 11 heteroatoms. The molecule has 0 bridgehead atoms. The molecule has 0 saturated carbocycles. The first kappa shape index (κ1) is 24.7. The van der Waals surface area contributed by atoms with E-state index in [0.29, 0.717) is 34.3 Å². The highest BCUT2D eigenvalue weighted by atomic mass is 19.1. The van der Waals surface area contributed by atoms with Crippen LogP contribution >= 0.6 is 0 Å². The second-order valence-electron chi connectivity index (χ2n) is 8.27. The Morgan fingerprint density at radius 2 is 1.64 bits per heavy atom. The summed E-state index contributed by atoms with van der Waals surface area (Å²) in [7, 11) is 1.69. The summed E-state index contributed by atoms with van der Waals surface area (Å²) in [5.41, 5.74) is -1.26. The van der Waals surface area contributed by atoms with E-state index in [1.54, 1.807) is 13.1 Å². The Morgan fingerprint density at radius 3 is 2.31 bits per heavy atom. The number of carbonyl (C=O) groups is 1. The van der Waals surface area contributed by atoms with Gasteiger partial charge in [-0.25, -0.2) is 27.3 Å². The van der Waals surface area contributed by atoms with Crippen molar-refractivity contribution in [2.75, 3.05) is 23.0 Å². The van der Waals surface area contributed by atoms with Crippen LogP contribution in [0.4, 0.5) is 39.5 Å². The van der Waals surface area contributed by atoms with Crippen molar-refractivity contribution >= 4 is 34.0 Å². The molecular formula is C25H21F4N5O2. The molecule has 2 amide bonds. The van der Waals surface area contributed by atoms with Crippen molar-refractivity contribution in [1.29, 1.82) is 0 Å². The molecule has 0 spiro atoms. The smallest absolute Gasteiger partial charge is 0.323 e. The normalized spacial score (nSPS) is 11.1. The fourth-order valence-corrected chi connectivity index (χ4v) is 3.80. The summed E-state index contributed by atoms with van der Waals surface area (Å²) in [5.74, 6) is -3.74. The third-order valence-corrected chi connectivity index (χ3v) is 5.50. The summed E-state index contributed by atoms with van der Waals surface area (Å²) in [6.07, 6.45) is 2.90. The largest absolute Gasteiger partial charge is 0.373 e. The second kappa shape index (κ2) is 9.68. The van der Waals surface area contributed by atoms with Crippen LogP contribution in [-0.2, 0) is 0 Å². The monoisotopic (exact) mass is 499 g/mol. The molecule has 4 aromatic rings. The van der Waals surface area contributed by atoms with E-state index in [2.05, 4.69) is 20.9 Å². The van der Waals surface area contributed by atoms with Crippen molar-refractivity contribution in [2.45, 2.75) is 19.8 Å². The summed E-state index contributed by atoms with van der Waals surface area (Å²) in [6, 6.07) is 4.63. The number of pyridine rings is 2. The van der Waals surface area contributed by atoms with Gasteiger partial charge in [-0.3, -0.25) is 9.36 Å². The summed E-state index contributed by atoms with van der Waals surface area (Å²) in [6.45, 7) is 3.62. The topological polar surface area (TPSA) is 88.0 Å². The maximum Gasteiger partial charge on any atom is 0.323 e. The van der Waals surface area contributed by atoms with Crippen LogP contribution in [0.1, 0.15) is 25.3 Å². The molecule has 7 nitrogen and oxygen atoms in total. The van der Waals surface area contributed by atoms with E-state index in [9.17, 15) is 27.2 Å². The molecule has 2 aromatic carbocycles. The summed E-state index contributed by atoms with van der Waals surface area (Å²) < 4.78 is 57.3. The third-order valence-electron chi connectivity index (χ3n) is 5.50. The van der Waals surface area contributed by atoms with Crippen molar-refractivity contribution < 1.29 is 22.4 Å². The number of anilines is 3. The minimum atomic E-state index is -1.12. The average Bonchev–Trinajstić information content (AvgIpc) is 2.81. The fraction of sp³-hybridized carbons (Fsp3) is 0.160. The number of aromatic nitrogens is 2. The van der Waals surface area contributed by atoms with Crippen molar-refractivity contribution in [3.8, 4) is 5.69 Å². The molecule has 0 aliphatic carbocycles. The SMILES string of the molecule is CNc1cc2c(C(C)C)c(=O)n(-c3cc(NC(=O)Nc4ccc(F)cc4F)c(F)cc3F)cc2cn1. The van der Waals surface area contributed by atoms with Crippen LogP contribution in [0.5, 0.6) is 0 Å². The van der Waals surface area contributed by atoms with Crippen LogP contribution in [0.3, 0.4) is 0 Å². The number of nitrogens with zero attached hydrogens (tertiary/aromatic N) is 2. The molecule has 0 unspecified atom stereocenters. The van der Waals surface area contributed by atoms with Crippen molar-refractivity contribution in [3.63, 3.8) is 0 Å². The molecular weight excluding hydrogens is 478 g/mol. The third kappa shape index (κ3) is 4.72. The fourth-order valence-electron chi connectivity index (χ4n) is 3.80. The zero-order chi connectivity index (χ0) is 26.1. The van der Waals surface area contributed by atoms with E-state index in [0.717, 1.165) is 22.8 Å².